The van der Waals surface area contributed by atoms with Crippen molar-refractivity contribution in [3.8, 4) is 11.3 Å². The van der Waals surface area contributed by atoms with Crippen LogP contribution < -0.4 is 5.73 Å². The van der Waals surface area contributed by atoms with Gasteiger partial charge in [0.2, 0.25) is 5.91 Å². The minimum absolute atomic E-state index is 0.0545. The predicted octanol–water partition coefficient (Wildman–Crippen LogP) is 1.74. The van der Waals surface area contributed by atoms with Crippen LogP contribution in [0.3, 0.4) is 0 Å². The van der Waals surface area contributed by atoms with Crippen LogP contribution in [0.4, 0.5) is 4.39 Å². The minimum Gasteiger partial charge on any atom is -0.365 e. The summed E-state index contributed by atoms with van der Waals surface area (Å²) in [6.45, 7) is 3.14. The van der Waals surface area contributed by atoms with Gasteiger partial charge in [-0.05, 0) is 31.2 Å². The highest BCUT2D eigenvalue weighted by atomic mass is 35.5. The number of rotatable bonds is 4. The monoisotopic (exact) mass is 405 g/mol. The van der Waals surface area contributed by atoms with Gasteiger partial charge in [-0.15, -0.1) is 0 Å². The summed E-state index contributed by atoms with van der Waals surface area (Å²) in [4.78, 5) is 28.8. The third kappa shape index (κ3) is 3.38. The molecular formula is C19H21ClFN5O2. The van der Waals surface area contributed by atoms with Crippen LogP contribution in [0.1, 0.15) is 22.5 Å². The van der Waals surface area contributed by atoms with E-state index < -0.39 is 11.7 Å². The number of amides is 2. The van der Waals surface area contributed by atoms with Crippen LogP contribution >= 0.6 is 11.6 Å². The maximum atomic E-state index is 13.5. The molecule has 0 saturated carbocycles. The zero-order valence-electron chi connectivity index (χ0n) is 15.5. The van der Waals surface area contributed by atoms with Gasteiger partial charge in [0.05, 0.1) is 29.4 Å². The average Bonchev–Trinajstić information content (AvgIpc) is 3.01. The summed E-state index contributed by atoms with van der Waals surface area (Å²) in [6, 6.07) is 4.16. The van der Waals surface area contributed by atoms with Crippen LogP contribution in [0.15, 0.2) is 18.2 Å². The number of fused-ring (bicyclic) bond motifs is 1. The van der Waals surface area contributed by atoms with Crippen molar-refractivity contribution in [2.75, 3.05) is 26.7 Å². The number of likely N-dealkylation sites (tertiary alicyclic amines) is 1. The van der Waals surface area contributed by atoms with Crippen molar-refractivity contribution in [2.24, 2.45) is 11.7 Å². The fourth-order valence-corrected chi connectivity index (χ4v) is 4.15. The van der Waals surface area contributed by atoms with Crippen molar-refractivity contribution in [2.45, 2.75) is 19.5 Å². The maximum Gasteiger partial charge on any atom is 0.252 e. The molecule has 2 aliphatic rings. The molecule has 0 unspecified atom stereocenters. The molecule has 2 aromatic rings. The number of hydrogen-bond donors (Lipinski definition) is 1. The van der Waals surface area contributed by atoms with Gasteiger partial charge < -0.3 is 15.5 Å². The van der Waals surface area contributed by atoms with Gasteiger partial charge >= 0.3 is 0 Å². The van der Waals surface area contributed by atoms with E-state index in [1.54, 1.807) is 9.58 Å². The molecule has 0 bridgehead atoms. The molecular weight excluding hydrogens is 385 g/mol. The lowest BCUT2D eigenvalue weighted by Gasteiger charge is -2.37. The predicted molar refractivity (Wildman–Crippen MR) is 102 cm³/mol. The summed E-state index contributed by atoms with van der Waals surface area (Å²) in [5.41, 5.74) is 7.36. The van der Waals surface area contributed by atoms with Gasteiger partial charge in [-0.25, -0.2) is 4.39 Å². The summed E-state index contributed by atoms with van der Waals surface area (Å²) >= 11 is 5.88. The van der Waals surface area contributed by atoms with Crippen LogP contribution in [-0.2, 0) is 17.9 Å². The number of aromatic nitrogens is 2. The van der Waals surface area contributed by atoms with Gasteiger partial charge in [-0.1, -0.05) is 11.6 Å². The van der Waals surface area contributed by atoms with Crippen molar-refractivity contribution < 1.29 is 14.0 Å². The number of benzene rings is 1. The Hall–Kier alpha value is -2.45. The molecule has 0 spiro atoms. The van der Waals surface area contributed by atoms with E-state index in [9.17, 15) is 14.0 Å². The Morgan fingerprint density at radius 3 is 2.71 bits per heavy atom. The summed E-state index contributed by atoms with van der Waals surface area (Å²) in [5.74, 6) is -0.718. The van der Waals surface area contributed by atoms with Crippen molar-refractivity contribution in [1.29, 1.82) is 0 Å². The molecule has 28 heavy (non-hydrogen) atoms. The molecule has 2 aliphatic heterocycles. The first-order valence-corrected chi connectivity index (χ1v) is 9.52. The van der Waals surface area contributed by atoms with Gasteiger partial charge in [-0.2, -0.15) is 5.10 Å². The van der Waals surface area contributed by atoms with E-state index >= 15 is 0 Å². The van der Waals surface area contributed by atoms with Crippen LogP contribution in [-0.4, -0.2) is 58.1 Å². The molecule has 2 amide bonds. The number of nitrogens with zero attached hydrogens (tertiary/aromatic N) is 4. The standard InChI is InChI=1S/C19H21ClFN5O2/c1-24-8-11(9-24)6-16(27)25-4-5-26-15(10-25)17(19(22)28)18(23-26)12-2-3-14(21)13(20)7-12/h2-3,7,11H,4-6,8-10H2,1H3,(H2,22,28). The normalized spacial score (nSPS) is 17.3. The topological polar surface area (TPSA) is 84.5 Å². The first-order valence-electron chi connectivity index (χ1n) is 9.14. The second kappa shape index (κ2) is 7.18. The molecule has 3 heterocycles. The highest BCUT2D eigenvalue weighted by Gasteiger charge is 2.32. The fraction of sp³-hybridized carbons (Fsp3) is 0.421. The highest BCUT2D eigenvalue weighted by Crippen LogP contribution is 2.31. The van der Waals surface area contributed by atoms with Crippen LogP contribution in [0.5, 0.6) is 0 Å². The molecule has 1 fully saturated rings. The van der Waals surface area contributed by atoms with Gasteiger partial charge in [-0.3, -0.25) is 14.3 Å². The quantitative estimate of drug-likeness (QED) is 0.839. The molecule has 0 radical (unpaired) electrons. The zero-order chi connectivity index (χ0) is 20.0. The average molecular weight is 406 g/mol. The Morgan fingerprint density at radius 1 is 1.32 bits per heavy atom. The second-order valence-electron chi connectivity index (χ2n) is 7.49. The molecule has 4 rings (SSSR count). The zero-order valence-corrected chi connectivity index (χ0v) is 16.2. The Balaban J connectivity index is 1.62. The summed E-state index contributed by atoms with van der Waals surface area (Å²) in [6.07, 6.45) is 0.505. The van der Waals surface area contributed by atoms with Crippen LogP contribution in [0.2, 0.25) is 5.02 Å². The van der Waals surface area contributed by atoms with Crippen molar-refractivity contribution >= 4 is 23.4 Å². The number of primary amides is 1. The fourth-order valence-electron chi connectivity index (χ4n) is 3.97. The third-order valence-electron chi connectivity index (χ3n) is 5.38. The largest absolute Gasteiger partial charge is 0.365 e. The first-order chi connectivity index (χ1) is 13.3. The van der Waals surface area contributed by atoms with E-state index in [2.05, 4.69) is 10.00 Å². The van der Waals surface area contributed by atoms with Crippen LogP contribution in [0.25, 0.3) is 11.3 Å². The molecule has 7 nitrogen and oxygen atoms in total. The van der Waals surface area contributed by atoms with E-state index in [4.69, 9.17) is 17.3 Å². The molecule has 1 saturated heterocycles. The van der Waals surface area contributed by atoms with Crippen LogP contribution in [0, 0.1) is 11.7 Å². The number of halogens is 2. The second-order valence-corrected chi connectivity index (χ2v) is 7.90. The number of carbonyl (C=O) groups is 2. The molecule has 9 heteroatoms. The van der Waals surface area contributed by atoms with Gasteiger partial charge in [0.15, 0.2) is 0 Å². The Kier molecular flexibility index (Phi) is 4.84. The molecule has 2 N–H and O–H groups in total. The van der Waals surface area contributed by atoms with E-state index in [1.165, 1.54) is 18.2 Å². The number of carbonyl (C=O) groups excluding carboxylic acids is 2. The lowest BCUT2D eigenvalue weighted by atomic mass is 9.96. The lowest BCUT2D eigenvalue weighted by molar-refractivity contribution is -0.135. The minimum atomic E-state index is -0.633. The molecule has 0 atom stereocenters. The van der Waals surface area contributed by atoms with Crippen molar-refractivity contribution in [3.63, 3.8) is 0 Å². The Bertz CT molecular complexity index is 954. The third-order valence-corrected chi connectivity index (χ3v) is 5.66. The molecule has 1 aromatic carbocycles. The lowest BCUT2D eigenvalue weighted by Crippen LogP contribution is -2.47. The number of hydrogen-bond acceptors (Lipinski definition) is 4. The Morgan fingerprint density at radius 2 is 2.07 bits per heavy atom. The summed E-state index contributed by atoms with van der Waals surface area (Å²) in [5, 5.41) is 4.44. The molecule has 1 aromatic heterocycles. The van der Waals surface area contributed by atoms with Gasteiger partial charge in [0, 0.05) is 31.6 Å². The highest BCUT2D eigenvalue weighted by molar-refractivity contribution is 6.31. The summed E-state index contributed by atoms with van der Waals surface area (Å²) < 4.78 is 15.2. The molecule has 148 valence electrons. The van der Waals surface area contributed by atoms with E-state index in [0.29, 0.717) is 42.4 Å². The molecule has 0 aliphatic carbocycles. The smallest absolute Gasteiger partial charge is 0.252 e. The van der Waals surface area contributed by atoms with E-state index in [0.717, 1.165) is 13.1 Å². The number of nitrogens with two attached hydrogens (primary N) is 1. The maximum absolute atomic E-state index is 13.5. The summed E-state index contributed by atoms with van der Waals surface area (Å²) in [7, 11) is 2.03. The van der Waals surface area contributed by atoms with Gasteiger partial charge in [0.25, 0.3) is 5.91 Å². The van der Waals surface area contributed by atoms with E-state index in [1.807, 2.05) is 7.05 Å². The van der Waals surface area contributed by atoms with Crippen molar-refractivity contribution in [1.82, 2.24) is 19.6 Å². The van der Waals surface area contributed by atoms with Gasteiger partial charge in [0.1, 0.15) is 11.5 Å². The first kappa shape index (κ1) is 18.9. The Labute approximate surface area is 166 Å². The van der Waals surface area contributed by atoms with E-state index in [-0.39, 0.29) is 23.0 Å². The van der Waals surface area contributed by atoms with Crippen molar-refractivity contribution in [3.05, 3.63) is 40.3 Å². The SMILES string of the molecule is CN1CC(CC(=O)N2CCn3nc(-c4ccc(F)c(Cl)c4)c(C(N)=O)c3C2)C1.